The molecule has 31 heavy (non-hydrogen) atoms. The van der Waals surface area contributed by atoms with Gasteiger partial charge in [-0.2, -0.15) is 0 Å². The molecule has 0 N–H and O–H groups in total. The topological polar surface area (TPSA) is 44.8 Å². The van der Waals surface area contributed by atoms with Crippen LogP contribution in [-0.2, 0) is 25.3 Å². The molecule has 1 heterocycles. The summed E-state index contributed by atoms with van der Waals surface area (Å²) in [5, 5.41) is 0.0308. The highest BCUT2D eigenvalue weighted by atomic mass is 28.4. The quantitative estimate of drug-likeness (QED) is 0.279. The fourth-order valence-electron chi connectivity index (χ4n) is 3.30. The highest BCUT2D eigenvalue weighted by molar-refractivity contribution is 6.74. The molecule has 0 spiro atoms. The Labute approximate surface area is 187 Å². The zero-order chi connectivity index (χ0) is 22.5. The lowest BCUT2D eigenvalue weighted by Gasteiger charge is -2.42. The number of hydrogen-bond donors (Lipinski definition) is 0. The molecule has 5 heteroatoms. The Balaban J connectivity index is 1.97. The molecule has 1 aliphatic rings. The highest BCUT2D eigenvalue weighted by Crippen LogP contribution is 2.42. The van der Waals surface area contributed by atoms with Crippen LogP contribution in [0.25, 0.3) is 0 Å². The van der Waals surface area contributed by atoms with E-state index in [4.69, 9.17) is 13.9 Å². The van der Waals surface area contributed by atoms with Crippen LogP contribution in [0, 0.1) is 0 Å². The first-order valence-electron chi connectivity index (χ1n) is 10.9. The van der Waals surface area contributed by atoms with Gasteiger partial charge in [-0.25, -0.2) is 0 Å². The van der Waals surface area contributed by atoms with Crippen LogP contribution in [0.3, 0.4) is 0 Å². The van der Waals surface area contributed by atoms with Gasteiger partial charge in [-0.3, -0.25) is 4.79 Å². The van der Waals surface area contributed by atoms with E-state index in [1.54, 1.807) is 0 Å². The van der Waals surface area contributed by atoms with Gasteiger partial charge in [-0.15, -0.1) is 0 Å². The van der Waals surface area contributed by atoms with Crippen molar-refractivity contribution in [1.29, 1.82) is 0 Å². The van der Waals surface area contributed by atoms with E-state index in [0.717, 1.165) is 11.1 Å². The van der Waals surface area contributed by atoms with Gasteiger partial charge in [-0.05, 0) is 35.3 Å². The van der Waals surface area contributed by atoms with Crippen LogP contribution in [0.1, 0.15) is 44.4 Å². The summed E-state index contributed by atoms with van der Waals surface area (Å²) >= 11 is 0. The molecule has 1 aliphatic heterocycles. The zero-order valence-electron chi connectivity index (χ0n) is 19.2. The molecule has 0 bridgehead atoms. The molecule has 3 atom stereocenters. The second-order valence-corrected chi connectivity index (χ2v) is 14.3. The van der Waals surface area contributed by atoms with Gasteiger partial charge in [0.2, 0.25) is 0 Å². The van der Waals surface area contributed by atoms with E-state index in [0.29, 0.717) is 13.0 Å². The Kier molecular flexibility index (Phi) is 7.52. The van der Waals surface area contributed by atoms with Crippen molar-refractivity contribution in [3.05, 3.63) is 83.9 Å². The molecule has 0 fully saturated rings. The van der Waals surface area contributed by atoms with Crippen molar-refractivity contribution >= 4 is 14.3 Å². The van der Waals surface area contributed by atoms with Gasteiger partial charge in [0, 0.05) is 0 Å². The number of rotatable bonds is 8. The van der Waals surface area contributed by atoms with Crippen LogP contribution in [-0.4, -0.2) is 26.5 Å². The van der Waals surface area contributed by atoms with Crippen molar-refractivity contribution in [3.8, 4) is 0 Å². The van der Waals surface area contributed by atoms with E-state index in [1.807, 2.05) is 60.7 Å². The highest BCUT2D eigenvalue weighted by Gasteiger charge is 2.44. The largest absolute Gasteiger partial charge is 0.455 e. The van der Waals surface area contributed by atoms with Gasteiger partial charge in [-0.1, -0.05) is 87.5 Å². The molecule has 4 nitrogen and oxygen atoms in total. The Morgan fingerprint density at radius 2 is 1.65 bits per heavy atom. The predicted molar refractivity (Wildman–Crippen MR) is 126 cm³/mol. The van der Waals surface area contributed by atoms with Crippen molar-refractivity contribution in [3.63, 3.8) is 0 Å². The average molecular weight is 439 g/mol. The summed E-state index contributed by atoms with van der Waals surface area (Å²) in [7, 11) is -2.15. The lowest BCUT2D eigenvalue weighted by Crippen LogP contribution is -2.47. The molecule has 0 unspecified atom stereocenters. The van der Waals surface area contributed by atoms with E-state index in [9.17, 15) is 4.79 Å². The molecule has 0 amide bonds. The monoisotopic (exact) mass is 438 g/mol. The summed E-state index contributed by atoms with van der Waals surface area (Å²) in [4.78, 5) is 12.1. The van der Waals surface area contributed by atoms with E-state index in [1.165, 1.54) is 0 Å². The fraction of sp³-hybridized carbons (Fsp3) is 0.423. The summed E-state index contributed by atoms with van der Waals surface area (Å²) < 4.78 is 19.1. The van der Waals surface area contributed by atoms with Gasteiger partial charge in [0.15, 0.2) is 8.32 Å². The summed E-state index contributed by atoms with van der Waals surface area (Å²) in [5.41, 5.74) is 2.10. The summed E-state index contributed by atoms with van der Waals surface area (Å²) in [6.07, 6.45) is 2.77. The van der Waals surface area contributed by atoms with Crippen molar-refractivity contribution in [2.45, 2.75) is 70.2 Å². The third-order valence-electron chi connectivity index (χ3n) is 6.14. The number of cyclic esters (lactones) is 1. The van der Waals surface area contributed by atoms with Crippen molar-refractivity contribution in [2.24, 2.45) is 0 Å². The Hall–Kier alpha value is -2.21. The maximum Gasteiger partial charge on any atom is 0.310 e. The Morgan fingerprint density at radius 3 is 2.23 bits per heavy atom. The van der Waals surface area contributed by atoms with Gasteiger partial charge in [0.1, 0.15) is 18.3 Å². The minimum absolute atomic E-state index is 0.0308. The first kappa shape index (κ1) is 23.5. The molecule has 3 rings (SSSR count). The first-order chi connectivity index (χ1) is 14.7. The summed E-state index contributed by atoms with van der Waals surface area (Å²) in [6.45, 7) is 11.6. The molecule has 0 aromatic heterocycles. The lowest BCUT2D eigenvalue weighted by atomic mass is 9.98. The number of carbonyl (C=O) groups excluding carboxylic acids is 1. The second-order valence-electron chi connectivity index (χ2n) is 9.56. The van der Waals surface area contributed by atoms with Crippen LogP contribution in [0.5, 0.6) is 0 Å². The van der Waals surface area contributed by atoms with Crippen LogP contribution in [0.4, 0.5) is 0 Å². The van der Waals surface area contributed by atoms with Crippen molar-refractivity contribution in [2.75, 3.05) is 0 Å². The zero-order valence-corrected chi connectivity index (χ0v) is 20.2. The lowest BCUT2D eigenvalue weighted by molar-refractivity contribution is -0.161. The molecule has 2 aromatic carbocycles. The van der Waals surface area contributed by atoms with Crippen molar-refractivity contribution < 1.29 is 18.7 Å². The van der Waals surface area contributed by atoms with Crippen LogP contribution >= 0.6 is 0 Å². The van der Waals surface area contributed by atoms with Gasteiger partial charge in [0.25, 0.3) is 0 Å². The molecule has 0 aliphatic carbocycles. The van der Waals surface area contributed by atoms with Crippen LogP contribution in [0.2, 0.25) is 18.1 Å². The van der Waals surface area contributed by atoms with Crippen molar-refractivity contribution in [1.82, 2.24) is 0 Å². The first-order valence-corrected chi connectivity index (χ1v) is 13.8. The fourth-order valence-corrected chi connectivity index (χ4v) is 4.56. The molecular formula is C26H34O4Si. The maximum absolute atomic E-state index is 12.1. The van der Waals surface area contributed by atoms with Gasteiger partial charge >= 0.3 is 5.97 Å². The molecular weight excluding hydrogens is 404 g/mol. The molecule has 0 saturated heterocycles. The van der Waals surface area contributed by atoms with Gasteiger partial charge < -0.3 is 13.9 Å². The number of carbonyl (C=O) groups is 1. The molecule has 2 aromatic rings. The Bertz CT molecular complexity index is 871. The van der Waals surface area contributed by atoms with Gasteiger partial charge in [0.05, 0.1) is 13.0 Å². The smallest absolute Gasteiger partial charge is 0.310 e. The average Bonchev–Trinajstić information content (AvgIpc) is 2.73. The van der Waals surface area contributed by atoms with Crippen LogP contribution in [0.15, 0.2) is 72.8 Å². The van der Waals surface area contributed by atoms with E-state index >= 15 is 0 Å². The third-order valence-corrected chi connectivity index (χ3v) is 10.6. The normalized spacial score (nSPS) is 19.0. The number of ether oxygens (including phenoxy) is 2. The number of benzene rings is 2. The maximum atomic E-state index is 12.1. The second kappa shape index (κ2) is 9.94. The Morgan fingerprint density at radius 1 is 1.03 bits per heavy atom. The minimum atomic E-state index is -2.15. The number of hydrogen-bond acceptors (Lipinski definition) is 4. The van der Waals surface area contributed by atoms with E-state index < -0.39 is 20.5 Å². The van der Waals surface area contributed by atoms with Crippen LogP contribution < -0.4 is 0 Å². The standard InChI is InChI=1S/C26H34O4Si/c1-26(2,3)31(4,5)30-24(21-15-10-7-11-16-21)25(22-17-12-18-23(27)29-22)28-19-20-13-8-6-9-14-20/h6-17,22,24-25H,18-19H2,1-5H3/t22-,24-,25+/m1/s1. The predicted octanol–water partition coefficient (Wildman–Crippen LogP) is 6.21. The summed E-state index contributed by atoms with van der Waals surface area (Å²) in [6, 6.07) is 20.2. The molecule has 0 radical (unpaired) electrons. The summed E-state index contributed by atoms with van der Waals surface area (Å²) in [5.74, 6) is -0.236. The van der Waals surface area contributed by atoms with E-state index in [-0.39, 0.29) is 17.1 Å². The molecule has 0 saturated carbocycles. The SMILES string of the molecule is CC(C)(C)[Si](C)(C)O[C@H](c1ccccc1)[C@@H](OCc1ccccc1)[C@H]1C=CCC(=O)O1. The number of esters is 1. The molecule has 166 valence electrons. The third kappa shape index (κ3) is 6.16. The minimum Gasteiger partial charge on any atom is -0.455 e. The van der Waals surface area contributed by atoms with E-state index in [2.05, 4.69) is 46.0 Å².